The Hall–Kier alpha value is -1.28. The van der Waals surface area contributed by atoms with Crippen molar-refractivity contribution < 1.29 is 4.42 Å². The van der Waals surface area contributed by atoms with E-state index < -0.39 is 0 Å². The van der Waals surface area contributed by atoms with Gasteiger partial charge in [-0.3, -0.25) is 0 Å². The molecule has 0 amide bonds. The third-order valence-corrected chi connectivity index (χ3v) is 2.13. The van der Waals surface area contributed by atoms with E-state index >= 15 is 0 Å². The SMILES string of the molecule is [CH2]c1nc(C)oc1-c1cccc(Cl)c1. The number of benzene rings is 1. The molecule has 0 aliphatic heterocycles. The van der Waals surface area contributed by atoms with Crippen LogP contribution in [0.4, 0.5) is 0 Å². The Balaban J connectivity index is 2.54. The lowest BCUT2D eigenvalue weighted by molar-refractivity contribution is 0.534. The first-order valence-electron chi connectivity index (χ1n) is 4.22. The third-order valence-electron chi connectivity index (χ3n) is 1.89. The van der Waals surface area contributed by atoms with E-state index in [2.05, 4.69) is 11.9 Å². The van der Waals surface area contributed by atoms with Gasteiger partial charge in [-0.2, -0.15) is 0 Å². The normalized spacial score (nSPS) is 10.5. The number of hydrogen-bond acceptors (Lipinski definition) is 2. The van der Waals surface area contributed by atoms with Crippen molar-refractivity contribution in [3.05, 3.63) is 47.8 Å². The fourth-order valence-electron chi connectivity index (χ4n) is 1.33. The van der Waals surface area contributed by atoms with E-state index in [1.807, 2.05) is 24.3 Å². The Morgan fingerprint density at radius 1 is 1.43 bits per heavy atom. The third kappa shape index (κ3) is 1.66. The molecule has 2 aromatic rings. The molecule has 0 spiro atoms. The average molecular weight is 207 g/mol. The van der Waals surface area contributed by atoms with Crippen LogP contribution in [0.15, 0.2) is 28.7 Å². The predicted molar refractivity (Wildman–Crippen MR) is 56.1 cm³/mol. The molecule has 0 bridgehead atoms. The van der Waals surface area contributed by atoms with Crippen molar-refractivity contribution in [1.82, 2.24) is 4.98 Å². The molecule has 14 heavy (non-hydrogen) atoms. The molecule has 2 nitrogen and oxygen atoms in total. The Morgan fingerprint density at radius 2 is 2.21 bits per heavy atom. The fraction of sp³-hybridized carbons (Fsp3) is 0.0909. The van der Waals surface area contributed by atoms with Gasteiger partial charge in [0.25, 0.3) is 0 Å². The highest BCUT2D eigenvalue weighted by atomic mass is 35.5. The molecule has 1 aromatic heterocycles. The number of oxazole rings is 1. The maximum atomic E-state index is 5.87. The van der Waals surface area contributed by atoms with Gasteiger partial charge >= 0.3 is 0 Å². The van der Waals surface area contributed by atoms with Gasteiger partial charge in [0.2, 0.25) is 0 Å². The highest BCUT2D eigenvalue weighted by molar-refractivity contribution is 6.30. The number of aryl methyl sites for hydroxylation is 1. The summed E-state index contributed by atoms with van der Waals surface area (Å²) in [4.78, 5) is 4.10. The van der Waals surface area contributed by atoms with Gasteiger partial charge in [0.15, 0.2) is 11.7 Å². The van der Waals surface area contributed by atoms with Crippen molar-refractivity contribution >= 4 is 11.6 Å². The Kier molecular flexibility index (Phi) is 2.30. The van der Waals surface area contributed by atoms with Gasteiger partial charge in [-0.1, -0.05) is 23.7 Å². The van der Waals surface area contributed by atoms with E-state index in [9.17, 15) is 0 Å². The summed E-state index contributed by atoms with van der Waals surface area (Å²) >= 11 is 5.87. The monoisotopic (exact) mass is 206 g/mol. The van der Waals surface area contributed by atoms with Crippen molar-refractivity contribution in [3.8, 4) is 11.3 Å². The summed E-state index contributed by atoms with van der Waals surface area (Å²) in [7, 11) is 0. The summed E-state index contributed by atoms with van der Waals surface area (Å²) < 4.78 is 5.42. The zero-order chi connectivity index (χ0) is 10.1. The first kappa shape index (κ1) is 9.28. The van der Waals surface area contributed by atoms with Crippen molar-refractivity contribution in [2.75, 3.05) is 0 Å². The van der Waals surface area contributed by atoms with Crippen LogP contribution in [0.3, 0.4) is 0 Å². The number of nitrogens with zero attached hydrogens (tertiary/aromatic N) is 1. The second-order valence-electron chi connectivity index (χ2n) is 3.02. The molecule has 1 heterocycles. The first-order valence-corrected chi connectivity index (χ1v) is 4.60. The van der Waals surface area contributed by atoms with E-state index in [1.165, 1.54) is 0 Å². The topological polar surface area (TPSA) is 26.0 Å². The van der Waals surface area contributed by atoms with Gasteiger partial charge in [0, 0.05) is 17.5 Å². The highest BCUT2D eigenvalue weighted by Gasteiger charge is 2.09. The fourth-order valence-corrected chi connectivity index (χ4v) is 1.52. The molecule has 0 N–H and O–H groups in total. The van der Waals surface area contributed by atoms with E-state index in [1.54, 1.807) is 6.92 Å². The van der Waals surface area contributed by atoms with E-state index in [-0.39, 0.29) is 0 Å². The Morgan fingerprint density at radius 3 is 2.79 bits per heavy atom. The number of halogens is 1. The van der Waals surface area contributed by atoms with Crippen LogP contribution in [0.25, 0.3) is 11.3 Å². The molecule has 1 radical (unpaired) electrons. The van der Waals surface area contributed by atoms with Crippen LogP contribution in [-0.4, -0.2) is 4.98 Å². The van der Waals surface area contributed by atoms with Crippen LogP contribution in [0.5, 0.6) is 0 Å². The van der Waals surface area contributed by atoms with Gasteiger partial charge in [0.1, 0.15) is 0 Å². The minimum atomic E-state index is 0.616. The molecule has 71 valence electrons. The summed E-state index contributed by atoms with van der Waals surface area (Å²) in [6, 6.07) is 7.43. The molecule has 0 aliphatic carbocycles. The summed E-state index contributed by atoms with van der Waals surface area (Å²) in [6.45, 7) is 5.59. The summed E-state index contributed by atoms with van der Waals surface area (Å²) in [6.07, 6.45) is 0. The van der Waals surface area contributed by atoms with Gasteiger partial charge in [0.05, 0.1) is 5.69 Å². The molecule has 0 fully saturated rings. The molecule has 0 unspecified atom stereocenters. The molecule has 0 aliphatic rings. The van der Waals surface area contributed by atoms with Crippen molar-refractivity contribution in [2.45, 2.75) is 6.92 Å². The van der Waals surface area contributed by atoms with Crippen molar-refractivity contribution in [3.63, 3.8) is 0 Å². The van der Waals surface area contributed by atoms with E-state index in [4.69, 9.17) is 16.0 Å². The number of aromatic nitrogens is 1. The van der Waals surface area contributed by atoms with Crippen LogP contribution >= 0.6 is 11.6 Å². The van der Waals surface area contributed by atoms with Crippen LogP contribution in [0, 0.1) is 13.8 Å². The molecule has 0 saturated heterocycles. The minimum Gasteiger partial charge on any atom is -0.441 e. The lowest BCUT2D eigenvalue weighted by atomic mass is 10.1. The second-order valence-corrected chi connectivity index (χ2v) is 3.46. The Bertz CT molecular complexity index is 462. The standard InChI is InChI=1S/C11H9ClNO/c1-7-11(14-8(2)13-7)9-4-3-5-10(12)6-9/h3-6H,1H2,2H3. The van der Waals surface area contributed by atoms with Gasteiger partial charge < -0.3 is 4.42 Å². The summed E-state index contributed by atoms with van der Waals surface area (Å²) in [5.41, 5.74) is 1.55. The van der Waals surface area contributed by atoms with Crippen LogP contribution < -0.4 is 0 Å². The molecular weight excluding hydrogens is 198 g/mol. The number of rotatable bonds is 1. The Labute approximate surface area is 87.5 Å². The maximum absolute atomic E-state index is 5.87. The summed E-state index contributed by atoms with van der Waals surface area (Å²) in [5.74, 6) is 1.30. The molecule has 3 heteroatoms. The second kappa shape index (κ2) is 3.46. The van der Waals surface area contributed by atoms with E-state index in [0.717, 1.165) is 5.56 Å². The molecule has 0 saturated carbocycles. The van der Waals surface area contributed by atoms with Crippen LogP contribution in [0.1, 0.15) is 11.6 Å². The van der Waals surface area contributed by atoms with E-state index in [0.29, 0.717) is 22.4 Å². The van der Waals surface area contributed by atoms with Gasteiger partial charge in [-0.15, -0.1) is 0 Å². The first-order chi connectivity index (χ1) is 6.66. The lowest BCUT2D eigenvalue weighted by Crippen LogP contribution is -1.78. The summed E-state index contributed by atoms with van der Waals surface area (Å²) in [5, 5.41) is 0.677. The largest absolute Gasteiger partial charge is 0.441 e. The smallest absolute Gasteiger partial charge is 0.192 e. The predicted octanol–water partition coefficient (Wildman–Crippen LogP) is 3.49. The quantitative estimate of drug-likeness (QED) is 0.714. The van der Waals surface area contributed by atoms with Crippen molar-refractivity contribution in [2.24, 2.45) is 0 Å². The zero-order valence-electron chi connectivity index (χ0n) is 7.75. The molecular formula is C11H9ClNO. The molecule has 1 aromatic carbocycles. The lowest BCUT2D eigenvalue weighted by Gasteiger charge is -1.97. The van der Waals surface area contributed by atoms with Gasteiger partial charge in [-0.25, -0.2) is 4.98 Å². The highest BCUT2D eigenvalue weighted by Crippen LogP contribution is 2.26. The van der Waals surface area contributed by atoms with Gasteiger partial charge in [-0.05, 0) is 19.1 Å². The number of hydrogen-bond donors (Lipinski definition) is 0. The molecule has 0 atom stereocenters. The van der Waals surface area contributed by atoms with Crippen LogP contribution in [0.2, 0.25) is 5.02 Å². The zero-order valence-corrected chi connectivity index (χ0v) is 8.51. The molecule has 2 rings (SSSR count). The van der Waals surface area contributed by atoms with Crippen molar-refractivity contribution in [1.29, 1.82) is 0 Å². The average Bonchev–Trinajstić information content (AvgIpc) is 2.45. The maximum Gasteiger partial charge on any atom is 0.192 e. The van der Waals surface area contributed by atoms with Crippen LogP contribution in [-0.2, 0) is 0 Å². The minimum absolute atomic E-state index is 0.616.